The van der Waals surface area contributed by atoms with Gasteiger partial charge in [0, 0.05) is 19.3 Å². The molecule has 0 saturated heterocycles. The smallest absolute Gasteiger partial charge is 0.0549 e. The molecular weight excluding hydrogens is 232 g/mol. The monoisotopic (exact) mass is 260 g/mol. The van der Waals surface area contributed by atoms with Gasteiger partial charge in [0.05, 0.1) is 5.54 Å². The van der Waals surface area contributed by atoms with Gasteiger partial charge in [0.2, 0.25) is 0 Å². The molecule has 0 aliphatic heterocycles. The quantitative estimate of drug-likeness (QED) is 0.895. The van der Waals surface area contributed by atoms with E-state index in [1.165, 1.54) is 42.5 Å². The lowest BCUT2D eigenvalue weighted by Gasteiger charge is -2.45. The van der Waals surface area contributed by atoms with Crippen LogP contribution in [0.1, 0.15) is 43.7 Å². The van der Waals surface area contributed by atoms with E-state index >= 15 is 0 Å². The molecule has 1 fully saturated rings. The molecule has 1 aromatic carbocycles. The number of rotatable bonds is 4. The Hall–Kier alpha value is -1.02. The van der Waals surface area contributed by atoms with Crippen LogP contribution >= 0.6 is 0 Å². The fourth-order valence-electron chi connectivity index (χ4n) is 3.98. The molecule has 1 aliphatic rings. The standard InChI is InChI=1S/C17H28N2/c1-5-15-7-6-10-17(15,12-18)19(4)16-9-8-13(2)11-14(16)3/h8-9,11,15H,5-7,10,12,18H2,1-4H3. The number of likely N-dealkylation sites (N-methyl/N-ethyl adjacent to an activating group) is 1. The van der Waals surface area contributed by atoms with Crippen LogP contribution in [0.15, 0.2) is 18.2 Å². The molecular formula is C17H28N2. The van der Waals surface area contributed by atoms with Gasteiger partial charge >= 0.3 is 0 Å². The van der Waals surface area contributed by atoms with Crippen LogP contribution in [0.3, 0.4) is 0 Å². The summed E-state index contributed by atoms with van der Waals surface area (Å²) >= 11 is 0. The van der Waals surface area contributed by atoms with Gasteiger partial charge in [0.1, 0.15) is 0 Å². The summed E-state index contributed by atoms with van der Waals surface area (Å²) < 4.78 is 0. The first kappa shape index (κ1) is 14.4. The SMILES string of the molecule is CCC1CCCC1(CN)N(C)c1ccc(C)cc1C. The molecule has 19 heavy (non-hydrogen) atoms. The van der Waals surface area contributed by atoms with Crippen molar-refractivity contribution in [2.75, 3.05) is 18.5 Å². The molecule has 2 atom stereocenters. The highest BCUT2D eigenvalue weighted by Crippen LogP contribution is 2.43. The number of nitrogens with zero attached hydrogens (tertiary/aromatic N) is 1. The lowest BCUT2D eigenvalue weighted by atomic mass is 9.83. The average Bonchev–Trinajstić information content (AvgIpc) is 2.82. The second-order valence-corrected chi connectivity index (χ2v) is 6.15. The van der Waals surface area contributed by atoms with Crippen molar-refractivity contribution in [3.05, 3.63) is 29.3 Å². The Labute approximate surface area is 118 Å². The number of benzene rings is 1. The van der Waals surface area contributed by atoms with E-state index in [9.17, 15) is 0 Å². The molecule has 1 aliphatic carbocycles. The Kier molecular flexibility index (Phi) is 4.19. The Morgan fingerprint density at radius 3 is 2.68 bits per heavy atom. The molecule has 2 rings (SSSR count). The summed E-state index contributed by atoms with van der Waals surface area (Å²) in [6.45, 7) is 7.42. The maximum atomic E-state index is 6.21. The zero-order valence-corrected chi connectivity index (χ0v) is 12.9. The molecule has 2 nitrogen and oxygen atoms in total. The average molecular weight is 260 g/mol. The van der Waals surface area contributed by atoms with Crippen molar-refractivity contribution in [2.24, 2.45) is 11.7 Å². The molecule has 0 bridgehead atoms. The first-order valence-corrected chi connectivity index (χ1v) is 7.56. The van der Waals surface area contributed by atoms with Gasteiger partial charge in [-0.3, -0.25) is 0 Å². The van der Waals surface area contributed by atoms with Crippen molar-refractivity contribution < 1.29 is 0 Å². The zero-order chi connectivity index (χ0) is 14.0. The minimum Gasteiger partial charge on any atom is -0.367 e. The van der Waals surface area contributed by atoms with Crippen molar-refractivity contribution in [1.29, 1.82) is 0 Å². The molecule has 2 N–H and O–H groups in total. The Balaban J connectivity index is 2.37. The minimum absolute atomic E-state index is 0.161. The largest absolute Gasteiger partial charge is 0.367 e. The van der Waals surface area contributed by atoms with Gasteiger partial charge in [-0.1, -0.05) is 37.5 Å². The van der Waals surface area contributed by atoms with Gasteiger partial charge in [-0.25, -0.2) is 0 Å². The van der Waals surface area contributed by atoms with Crippen LogP contribution < -0.4 is 10.6 Å². The van der Waals surface area contributed by atoms with E-state index < -0.39 is 0 Å². The molecule has 2 unspecified atom stereocenters. The predicted octanol–water partition coefficient (Wildman–Crippen LogP) is 3.65. The fourth-order valence-corrected chi connectivity index (χ4v) is 3.98. The summed E-state index contributed by atoms with van der Waals surface area (Å²) in [5, 5.41) is 0. The summed E-state index contributed by atoms with van der Waals surface area (Å²) in [6.07, 6.45) is 5.09. The highest BCUT2D eigenvalue weighted by Gasteiger charge is 2.44. The van der Waals surface area contributed by atoms with E-state index in [2.05, 4.69) is 50.9 Å². The van der Waals surface area contributed by atoms with Gasteiger partial charge < -0.3 is 10.6 Å². The van der Waals surface area contributed by atoms with E-state index in [4.69, 9.17) is 5.73 Å². The Morgan fingerprint density at radius 1 is 1.37 bits per heavy atom. The third-order valence-corrected chi connectivity index (χ3v) is 5.15. The summed E-state index contributed by atoms with van der Waals surface area (Å²) in [5.74, 6) is 0.725. The Morgan fingerprint density at radius 2 is 2.11 bits per heavy atom. The predicted molar refractivity (Wildman–Crippen MR) is 83.7 cm³/mol. The van der Waals surface area contributed by atoms with Gasteiger partial charge in [-0.15, -0.1) is 0 Å². The van der Waals surface area contributed by atoms with E-state index in [0.717, 1.165) is 12.5 Å². The summed E-state index contributed by atoms with van der Waals surface area (Å²) in [7, 11) is 2.23. The van der Waals surface area contributed by atoms with Crippen LogP contribution in [-0.2, 0) is 0 Å². The van der Waals surface area contributed by atoms with Crippen LogP contribution in [0.5, 0.6) is 0 Å². The van der Waals surface area contributed by atoms with E-state index in [1.54, 1.807) is 0 Å². The first-order chi connectivity index (χ1) is 9.05. The second kappa shape index (κ2) is 5.54. The molecule has 0 radical (unpaired) electrons. The highest BCUT2D eigenvalue weighted by molar-refractivity contribution is 5.56. The first-order valence-electron chi connectivity index (χ1n) is 7.56. The van der Waals surface area contributed by atoms with Gasteiger partial charge in [-0.2, -0.15) is 0 Å². The molecule has 1 saturated carbocycles. The van der Waals surface area contributed by atoms with Crippen molar-refractivity contribution >= 4 is 5.69 Å². The third-order valence-electron chi connectivity index (χ3n) is 5.15. The van der Waals surface area contributed by atoms with E-state index in [-0.39, 0.29) is 5.54 Å². The van der Waals surface area contributed by atoms with E-state index in [0.29, 0.717) is 0 Å². The minimum atomic E-state index is 0.161. The van der Waals surface area contributed by atoms with Crippen molar-refractivity contribution in [3.8, 4) is 0 Å². The van der Waals surface area contributed by atoms with Crippen LogP contribution in [-0.4, -0.2) is 19.1 Å². The molecule has 106 valence electrons. The second-order valence-electron chi connectivity index (χ2n) is 6.15. The summed E-state index contributed by atoms with van der Waals surface area (Å²) in [4.78, 5) is 2.48. The third kappa shape index (κ3) is 2.38. The van der Waals surface area contributed by atoms with Crippen LogP contribution in [0.25, 0.3) is 0 Å². The topological polar surface area (TPSA) is 29.3 Å². The number of aryl methyl sites for hydroxylation is 2. The maximum Gasteiger partial charge on any atom is 0.0549 e. The maximum absolute atomic E-state index is 6.21. The molecule has 2 heteroatoms. The summed E-state index contributed by atoms with van der Waals surface area (Å²) in [5.41, 5.74) is 10.4. The molecule has 0 spiro atoms. The highest BCUT2D eigenvalue weighted by atomic mass is 15.2. The lowest BCUT2D eigenvalue weighted by Crippen LogP contribution is -2.55. The summed E-state index contributed by atoms with van der Waals surface area (Å²) in [6, 6.07) is 6.73. The Bertz CT molecular complexity index is 441. The van der Waals surface area contributed by atoms with Crippen LogP contribution in [0, 0.1) is 19.8 Å². The van der Waals surface area contributed by atoms with Crippen LogP contribution in [0.4, 0.5) is 5.69 Å². The zero-order valence-electron chi connectivity index (χ0n) is 12.9. The van der Waals surface area contributed by atoms with Crippen molar-refractivity contribution in [1.82, 2.24) is 0 Å². The van der Waals surface area contributed by atoms with Gasteiger partial charge in [-0.05, 0) is 44.2 Å². The van der Waals surface area contributed by atoms with Crippen LogP contribution in [0.2, 0.25) is 0 Å². The van der Waals surface area contributed by atoms with Gasteiger partial charge in [0.25, 0.3) is 0 Å². The van der Waals surface area contributed by atoms with Crippen molar-refractivity contribution in [3.63, 3.8) is 0 Å². The van der Waals surface area contributed by atoms with Crippen molar-refractivity contribution in [2.45, 2.75) is 52.0 Å². The normalized spacial score (nSPS) is 26.7. The number of nitrogens with two attached hydrogens (primary N) is 1. The number of hydrogen-bond donors (Lipinski definition) is 1. The number of anilines is 1. The number of hydrogen-bond acceptors (Lipinski definition) is 2. The molecule has 0 amide bonds. The fraction of sp³-hybridized carbons (Fsp3) is 0.647. The molecule has 0 aromatic heterocycles. The van der Waals surface area contributed by atoms with E-state index in [1.807, 2.05) is 0 Å². The molecule has 0 heterocycles. The molecule has 1 aromatic rings. The lowest BCUT2D eigenvalue weighted by molar-refractivity contribution is 0.302. The van der Waals surface area contributed by atoms with Gasteiger partial charge in [0.15, 0.2) is 0 Å².